The van der Waals surface area contributed by atoms with Gasteiger partial charge in [0, 0.05) is 25.1 Å². The number of aromatic nitrogens is 2. The fourth-order valence-electron chi connectivity index (χ4n) is 2.80. The summed E-state index contributed by atoms with van der Waals surface area (Å²) < 4.78 is 0. The van der Waals surface area contributed by atoms with Crippen LogP contribution in [0.5, 0.6) is 0 Å². The van der Waals surface area contributed by atoms with Crippen LogP contribution in [0.3, 0.4) is 0 Å². The highest BCUT2D eigenvalue weighted by molar-refractivity contribution is 5.49. The number of rotatable bonds is 4. The van der Waals surface area contributed by atoms with Crippen LogP contribution in [0.15, 0.2) is 6.07 Å². The number of nitrogens with one attached hydrogen (secondary N) is 1. The molecule has 0 atom stereocenters. The molecule has 1 aliphatic carbocycles. The fraction of sp³-hybridized carbons (Fsp3) is 0.714. The quantitative estimate of drug-likeness (QED) is 0.635. The van der Waals surface area contributed by atoms with Gasteiger partial charge in [0.1, 0.15) is 17.5 Å². The number of nitrogen functional groups attached to an aromatic ring is 1. The van der Waals surface area contributed by atoms with Crippen LogP contribution >= 0.6 is 0 Å². The number of piperidine rings is 1. The van der Waals surface area contributed by atoms with Gasteiger partial charge in [-0.05, 0) is 45.8 Å². The van der Waals surface area contributed by atoms with Crippen LogP contribution in [-0.2, 0) is 0 Å². The molecule has 6 nitrogen and oxygen atoms in total. The molecular weight excluding hydrogens is 252 g/mol. The highest BCUT2D eigenvalue weighted by atomic mass is 15.3. The van der Waals surface area contributed by atoms with Gasteiger partial charge in [-0.3, -0.25) is 0 Å². The largest absolute Gasteiger partial charge is 0.356 e. The fourth-order valence-corrected chi connectivity index (χ4v) is 2.80. The lowest BCUT2D eigenvalue weighted by Crippen LogP contribution is -2.42. The summed E-state index contributed by atoms with van der Waals surface area (Å²) in [6, 6.07) is 2.50. The van der Waals surface area contributed by atoms with Crippen LogP contribution in [0.25, 0.3) is 0 Å². The zero-order chi connectivity index (χ0) is 14.1. The number of nitrogens with two attached hydrogens (primary N) is 1. The van der Waals surface area contributed by atoms with Crippen molar-refractivity contribution in [2.24, 2.45) is 5.84 Å². The van der Waals surface area contributed by atoms with Crippen molar-refractivity contribution in [2.75, 3.05) is 37.5 Å². The molecule has 0 aromatic carbocycles. The summed E-state index contributed by atoms with van der Waals surface area (Å²) in [6.07, 6.45) is 4.76. The lowest BCUT2D eigenvalue weighted by molar-refractivity contribution is 0.252. The van der Waals surface area contributed by atoms with E-state index in [1.54, 1.807) is 0 Å². The minimum atomic E-state index is 0.535. The summed E-state index contributed by atoms with van der Waals surface area (Å²) in [5.74, 6) is 8.72. The third kappa shape index (κ3) is 2.86. The van der Waals surface area contributed by atoms with Gasteiger partial charge in [-0.2, -0.15) is 0 Å². The van der Waals surface area contributed by atoms with Crippen molar-refractivity contribution in [1.82, 2.24) is 14.9 Å². The number of hydrogen-bond donors (Lipinski definition) is 2. The Morgan fingerprint density at radius 3 is 2.55 bits per heavy atom. The first-order chi connectivity index (χ1) is 9.67. The van der Waals surface area contributed by atoms with E-state index in [4.69, 9.17) is 10.8 Å². The zero-order valence-corrected chi connectivity index (χ0v) is 12.3. The molecule has 0 radical (unpaired) electrons. The third-order valence-electron chi connectivity index (χ3n) is 4.42. The summed E-state index contributed by atoms with van der Waals surface area (Å²) in [5.41, 5.74) is 2.67. The van der Waals surface area contributed by atoms with Gasteiger partial charge in [0.15, 0.2) is 0 Å². The van der Waals surface area contributed by atoms with Crippen LogP contribution < -0.4 is 16.2 Å². The minimum absolute atomic E-state index is 0.535. The standard InChI is InChI=1S/C14H24N6/c1-19-7-5-11(6-8-19)20(2)13-9-12(18-15)16-14(17-13)10-3-4-10/h9-11H,3-8,15H2,1-2H3,(H,16,17,18). The molecule has 2 fully saturated rings. The summed E-state index contributed by atoms with van der Waals surface area (Å²) >= 11 is 0. The zero-order valence-electron chi connectivity index (χ0n) is 12.3. The smallest absolute Gasteiger partial charge is 0.145 e. The number of anilines is 2. The van der Waals surface area contributed by atoms with E-state index in [1.807, 2.05) is 6.07 Å². The Hall–Kier alpha value is -1.40. The van der Waals surface area contributed by atoms with Gasteiger partial charge in [0.2, 0.25) is 0 Å². The van der Waals surface area contributed by atoms with Crippen LogP contribution in [0.2, 0.25) is 0 Å². The predicted octanol–water partition coefficient (Wildman–Crippen LogP) is 1.17. The highest BCUT2D eigenvalue weighted by Gasteiger charge is 2.29. The summed E-state index contributed by atoms with van der Waals surface area (Å²) in [5, 5.41) is 0. The number of likely N-dealkylation sites (tertiary alicyclic amines) is 1. The molecule has 0 bridgehead atoms. The van der Waals surface area contributed by atoms with Crippen LogP contribution in [-0.4, -0.2) is 48.1 Å². The summed E-state index contributed by atoms with van der Waals surface area (Å²) in [7, 11) is 4.32. The summed E-state index contributed by atoms with van der Waals surface area (Å²) in [4.78, 5) is 13.9. The lowest BCUT2D eigenvalue weighted by atomic mass is 10.0. The first-order valence-corrected chi connectivity index (χ1v) is 7.44. The maximum atomic E-state index is 5.54. The van der Waals surface area contributed by atoms with Crippen molar-refractivity contribution >= 4 is 11.6 Å². The van der Waals surface area contributed by atoms with Crippen molar-refractivity contribution in [1.29, 1.82) is 0 Å². The normalized spacial score (nSPS) is 20.9. The average molecular weight is 276 g/mol. The Bertz CT molecular complexity index is 465. The van der Waals surface area contributed by atoms with Gasteiger partial charge < -0.3 is 15.2 Å². The van der Waals surface area contributed by atoms with E-state index < -0.39 is 0 Å². The molecule has 110 valence electrons. The second-order valence-electron chi connectivity index (χ2n) is 6.03. The molecule has 1 saturated heterocycles. The van der Waals surface area contributed by atoms with E-state index in [-0.39, 0.29) is 0 Å². The topological polar surface area (TPSA) is 70.3 Å². The first-order valence-electron chi connectivity index (χ1n) is 7.44. The minimum Gasteiger partial charge on any atom is -0.356 e. The Morgan fingerprint density at radius 2 is 1.95 bits per heavy atom. The molecule has 3 N–H and O–H groups in total. The average Bonchev–Trinajstić information content (AvgIpc) is 3.31. The molecule has 1 aliphatic heterocycles. The van der Waals surface area contributed by atoms with E-state index in [2.05, 4.69) is 34.3 Å². The second-order valence-corrected chi connectivity index (χ2v) is 6.03. The van der Waals surface area contributed by atoms with E-state index in [0.717, 1.165) is 30.5 Å². The number of hydrazine groups is 1. The van der Waals surface area contributed by atoms with Crippen molar-refractivity contribution in [2.45, 2.75) is 37.6 Å². The number of nitrogens with zero attached hydrogens (tertiary/aromatic N) is 4. The lowest BCUT2D eigenvalue weighted by Gasteiger charge is -2.35. The van der Waals surface area contributed by atoms with Crippen LogP contribution in [0.4, 0.5) is 11.6 Å². The Kier molecular flexibility index (Phi) is 3.76. The molecule has 1 aromatic heterocycles. The monoisotopic (exact) mass is 276 g/mol. The maximum Gasteiger partial charge on any atom is 0.145 e. The maximum absolute atomic E-state index is 5.54. The Morgan fingerprint density at radius 1 is 1.25 bits per heavy atom. The van der Waals surface area contributed by atoms with Crippen molar-refractivity contribution in [3.05, 3.63) is 11.9 Å². The molecule has 2 aliphatic rings. The molecule has 0 amide bonds. The molecule has 1 aromatic rings. The second kappa shape index (κ2) is 5.54. The third-order valence-corrected chi connectivity index (χ3v) is 4.42. The molecule has 0 unspecified atom stereocenters. The first kappa shape index (κ1) is 13.6. The molecule has 6 heteroatoms. The van der Waals surface area contributed by atoms with E-state index in [0.29, 0.717) is 12.0 Å². The van der Waals surface area contributed by atoms with Crippen LogP contribution in [0.1, 0.15) is 37.4 Å². The molecule has 2 heterocycles. The summed E-state index contributed by atoms with van der Waals surface area (Å²) in [6.45, 7) is 2.30. The van der Waals surface area contributed by atoms with Crippen molar-refractivity contribution in [3.63, 3.8) is 0 Å². The molecule has 0 spiro atoms. The van der Waals surface area contributed by atoms with Gasteiger partial charge in [0.25, 0.3) is 0 Å². The van der Waals surface area contributed by atoms with Gasteiger partial charge in [-0.1, -0.05) is 0 Å². The number of hydrogen-bond acceptors (Lipinski definition) is 6. The van der Waals surface area contributed by atoms with Gasteiger partial charge in [-0.25, -0.2) is 15.8 Å². The highest BCUT2D eigenvalue weighted by Crippen LogP contribution is 2.39. The van der Waals surface area contributed by atoms with E-state index in [1.165, 1.54) is 25.7 Å². The van der Waals surface area contributed by atoms with Crippen molar-refractivity contribution in [3.8, 4) is 0 Å². The Balaban J connectivity index is 1.79. The van der Waals surface area contributed by atoms with Crippen molar-refractivity contribution < 1.29 is 0 Å². The van der Waals surface area contributed by atoms with E-state index >= 15 is 0 Å². The van der Waals surface area contributed by atoms with Gasteiger partial charge >= 0.3 is 0 Å². The van der Waals surface area contributed by atoms with Gasteiger partial charge in [0.05, 0.1) is 0 Å². The molecule has 3 rings (SSSR count). The van der Waals surface area contributed by atoms with Crippen LogP contribution in [0, 0.1) is 0 Å². The van der Waals surface area contributed by atoms with Gasteiger partial charge in [-0.15, -0.1) is 0 Å². The molecule has 1 saturated carbocycles. The van der Waals surface area contributed by atoms with E-state index in [9.17, 15) is 0 Å². The molecule has 20 heavy (non-hydrogen) atoms. The molecular formula is C14H24N6. The predicted molar refractivity (Wildman–Crippen MR) is 80.7 cm³/mol. The Labute approximate surface area is 120 Å². The SMILES string of the molecule is CN1CCC(N(C)c2cc(NN)nc(C3CC3)n2)CC1.